The second-order valence-electron chi connectivity index (χ2n) is 10.0. The zero-order valence-electron chi connectivity index (χ0n) is 23.2. The molecule has 1 fully saturated rings. The number of hydrogen-bond donors (Lipinski definition) is 8. The minimum Gasteiger partial charge on any atom is -0.516 e. The number of aliphatic hydroxyl groups is 5. The predicted molar refractivity (Wildman–Crippen MR) is 156 cm³/mol. The number of aliphatic hydroxyl groups excluding tert-OH is 5. The van der Waals surface area contributed by atoms with Gasteiger partial charge in [0, 0.05) is 12.0 Å². The Hall–Kier alpha value is -4.66. The molecule has 5 atom stereocenters. The zero-order valence-corrected chi connectivity index (χ0v) is 23.2. The molecule has 4 rings (SSSR count). The highest BCUT2D eigenvalue weighted by molar-refractivity contribution is 5.91. The van der Waals surface area contributed by atoms with E-state index in [1.54, 1.807) is 30.4 Å². The van der Waals surface area contributed by atoms with Gasteiger partial charge in [-0.1, -0.05) is 36.4 Å². The van der Waals surface area contributed by atoms with E-state index in [0.29, 0.717) is 11.1 Å². The van der Waals surface area contributed by atoms with Gasteiger partial charge in [0.15, 0.2) is 23.5 Å². The lowest BCUT2D eigenvalue weighted by Crippen LogP contribution is -2.58. The average molecular weight is 613 g/mol. The van der Waals surface area contributed by atoms with Gasteiger partial charge in [0.2, 0.25) is 5.43 Å². The summed E-state index contributed by atoms with van der Waals surface area (Å²) in [5.41, 5.74) is 0.327. The molecule has 5 unspecified atom stereocenters. The van der Waals surface area contributed by atoms with E-state index in [9.17, 15) is 45.3 Å². The molecule has 0 saturated carbocycles. The molecule has 1 heterocycles. The van der Waals surface area contributed by atoms with Crippen LogP contribution in [0.3, 0.4) is 0 Å². The fourth-order valence-corrected chi connectivity index (χ4v) is 4.66. The summed E-state index contributed by atoms with van der Waals surface area (Å²) in [4.78, 5) is 24.9. The first kappa shape index (κ1) is 32.3. The molecule has 3 aromatic carbocycles. The predicted octanol–water partition coefficient (Wildman–Crippen LogP) is 1.12. The molecule has 3 aromatic rings. The summed E-state index contributed by atoms with van der Waals surface area (Å²) in [6.07, 6.45) is -3.20. The molecule has 0 amide bonds. The Morgan fingerprint density at radius 3 is 2.39 bits per heavy atom. The molecule has 1 saturated heterocycles. The van der Waals surface area contributed by atoms with E-state index < -0.39 is 60.9 Å². The number of fused-ring (bicyclic) bond motifs is 1. The van der Waals surface area contributed by atoms with Gasteiger partial charge in [-0.05, 0) is 40.8 Å². The van der Waals surface area contributed by atoms with Crippen LogP contribution in [-0.2, 0) is 22.4 Å². The van der Waals surface area contributed by atoms with Gasteiger partial charge in [-0.15, -0.1) is 0 Å². The van der Waals surface area contributed by atoms with Gasteiger partial charge < -0.3 is 55.1 Å². The molecule has 1 aliphatic heterocycles. The Bertz CT molecular complexity index is 1620. The van der Waals surface area contributed by atoms with Gasteiger partial charge in [-0.25, -0.2) is 0 Å². The smallest absolute Gasteiger partial charge is 0.307 e. The maximum Gasteiger partial charge on any atom is 0.307 e. The van der Waals surface area contributed by atoms with Crippen LogP contribution in [0.4, 0.5) is 0 Å². The molecule has 13 nitrogen and oxygen atoms in total. The molecule has 8 N–H and O–H groups in total. The summed E-state index contributed by atoms with van der Waals surface area (Å²) in [7, 11) is 0. The number of allylic oxidation sites excluding steroid dienone is 2. The molecule has 0 spiro atoms. The topological polar surface area (TPSA) is 224 Å². The van der Waals surface area contributed by atoms with E-state index >= 15 is 0 Å². The van der Waals surface area contributed by atoms with E-state index in [0.717, 1.165) is 6.26 Å². The summed E-state index contributed by atoms with van der Waals surface area (Å²) in [5.74, 6) is -2.04. The van der Waals surface area contributed by atoms with Crippen molar-refractivity contribution in [2.45, 2.75) is 43.5 Å². The summed E-state index contributed by atoms with van der Waals surface area (Å²) < 4.78 is 16.5. The number of aliphatic carboxylic acids is 1. The number of phenols is 2. The number of carbonyl (C=O) groups is 1. The lowest BCUT2D eigenvalue weighted by atomic mass is 9.99. The molecular weight excluding hydrogens is 580 g/mol. The maximum absolute atomic E-state index is 13.6. The highest BCUT2D eigenvalue weighted by atomic mass is 16.6. The van der Waals surface area contributed by atoms with Gasteiger partial charge in [0.25, 0.3) is 0 Å². The summed E-state index contributed by atoms with van der Waals surface area (Å²) >= 11 is 0. The van der Waals surface area contributed by atoms with Gasteiger partial charge in [0.05, 0.1) is 24.7 Å². The Morgan fingerprint density at radius 1 is 0.909 bits per heavy atom. The normalized spacial score (nSPS) is 22.0. The second kappa shape index (κ2) is 14.2. The third kappa shape index (κ3) is 7.45. The van der Waals surface area contributed by atoms with E-state index in [1.165, 1.54) is 30.3 Å². The van der Waals surface area contributed by atoms with Gasteiger partial charge >= 0.3 is 5.97 Å². The van der Waals surface area contributed by atoms with Crippen LogP contribution < -0.4 is 14.9 Å². The van der Waals surface area contributed by atoms with Crippen molar-refractivity contribution in [3.8, 4) is 23.0 Å². The summed E-state index contributed by atoms with van der Waals surface area (Å²) in [5, 5.41) is 79.0. The maximum atomic E-state index is 13.6. The van der Waals surface area contributed by atoms with Crippen molar-refractivity contribution < 1.29 is 59.9 Å². The largest absolute Gasteiger partial charge is 0.516 e. The van der Waals surface area contributed by atoms with Crippen LogP contribution in [0.5, 0.6) is 23.0 Å². The number of carboxylic acids is 1. The van der Waals surface area contributed by atoms with E-state index in [-0.39, 0.29) is 46.6 Å². The SMILES string of the molecule is O=C(O)Cc1ccc2cc(CCOc3ccc(/C=C/C=C/O)cc3O)cc(OCC3OC(O)C(O)C(O)C3O)c(=O)c2c1O. The Balaban J connectivity index is 1.63. The fourth-order valence-electron chi connectivity index (χ4n) is 4.66. The molecule has 234 valence electrons. The van der Waals surface area contributed by atoms with Crippen molar-refractivity contribution in [1.82, 2.24) is 0 Å². The number of benzene rings is 2. The number of phenolic OH excluding ortho intramolecular Hbond substituents is 2. The molecule has 0 aliphatic carbocycles. The second-order valence-corrected chi connectivity index (χ2v) is 10.0. The van der Waals surface area contributed by atoms with Crippen molar-refractivity contribution in [2.75, 3.05) is 13.2 Å². The van der Waals surface area contributed by atoms with Crippen LogP contribution in [0.1, 0.15) is 16.7 Å². The molecule has 44 heavy (non-hydrogen) atoms. The van der Waals surface area contributed by atoms with E-state index in [4.69, 9.17) is 19.3 Å². The zero-order chi connectivity index (χ0) is 32.0. The molecule has 13 heteroatoms. The van der Waals surface area contributed by atoms with E-state index in [2.05, 4.69) is 0 Å². The van der Waals surface area contributed by atoms with Crippen LogP contribution >= 0.6 is 0 Å². The Labute approximate surface area is 250 Å². The van der Waals surface area contributed by atoms with E-state index in [1.807, 2.05) is 0 Å². The molecular formula is C31H32O13. The average Bonchev–Trinajstić information content (AvgIpc) is 3.11. The van der Waals surface area contributed by atoms with Crippen LogP contribution in [0.25, 0.3) is 16.8 Å². The minimum atomic E-state index is -1.82. The first-order chi connectivity index (χ1) is 21.0. The van der Waals surface area contributed by atoms with Crippen molar-refractivity contribution in [3.05, 3.63) is 87.8 Å². The lowest BCUT2D eigenvalue weighted by molar-refractivity contribution is -0.285. The highest BCUT2D eigenvalue weighted by Crippen LogP contribution is 2.30. The highest BCUT2D eigenvalue weighted by Gasteiger charge is 2.43. The number of rotatable bonds is 11. The number of ether oxygens (including phenoxy) is 3. The standard InChI is InChI=1S/C31H32O13/c32-9-2-1-3-16-4-7-21(20(33)12-16)42-10-8-17-11-18-5-6-19(14-24(34)35)26(36)25(18)27(37)22(13-17)43-15-23-28(38)29(39)30(40)31(41)44-23/h1-7,9,11-13,23,28-33,36,38-41H,8,10,14-15H2,(H,34,35)/b3-1+,9-2+. The van der Waals surface area contributed by atoms with Crippen LogP contribution in [0, 0.1) is 0 Å². The summed E-state index contributed by atoms with van der Waals surface area (Å²) in [6, 6.07) is 10.5. The monoisotopic (exact) mass is 612 g/mol. The quantitative estimate of drug-likeness (QED) is 0.112. The number of aromatic hydroxyl groups is 2. The number of hydrogen-bond acceptors (Lipinski definition) is 12. The summed E-state index contributed by atoms with van der Waals surface area (Å²) in [6.45, 7) is -0.518. The number of carboxylic acid groups (broad SMARTS) is 1. The Morgan fingerprint density at radius 2 is 1.68 bits per heavy atom. The molecule has 0 aromatic heterocycles. The van der Waals surface area contributed by atoms with Crippen LogP contribution in [0.2, 0.25) is 0 Å². The van der Waals surface area contributed by atoms with Crippen molar-refractivity contribution in [1.29, 1.82) is 0 Å². The van der Waals surface area contributed by atoms with Crippen molar-refractivity contribution in [3.63, 3.8) is 0 Å². The third-order valence-electron chi connectivity index (χ3n) is 6.95. The molecule has 0 radical (unpaired) electrons. The van der Waals surface area contributed by atoms with Gasteiger partial charge in [-0.3, -0.25) is 9.59 Å². The molecule has 1 aliphatic rings. The fraction of sp³-hybridized carbons (Fsp3) is 0.290. The first-order valence-electron chi connectivity index (χ1n) is 13.5. The van der Waals surface area contributed by atoms with Gasteiger partial charge in [-0.2, -0.15) is 0 Å². The van der Waals surface area contributed by atoms with Crippen molar-refractivity contribution >= 4 is 22.8 Å². The lowest BCUT2D eigenvalue weighted by Gasteiger charge is -2.37. The third-order valence-corrected chi connectivity index (χ3v) is 6.95. The Kier molecular flexibility index (Phi) is 10.4. The molecule has 0 bridgehead atoms. The first-order valence-corrected chi connectivity index (χ1v) is 13.5. The minimum absolute atomic E-state index is 0.00319. The van der Waals surface area contributed by atoms with Crippen LogP contribution in [0.15, 0.2) is 65.7 Å². The van der Waals surface area contributed by atoms with Gasteiger partial charge in [0.1, 0.15) is 36.8 Å². The van der Waals surface area contributed by atoms with Crippen LogP contribution in [-0.4, -0.2) is 90.7 Å². The van der Waals surface area contributed by atoms with Crippen molar-refractivity contribution in [2.24, 2.45) is 0 Å².